The van der Waals surface area contributed by atoms with Gasteiger partial charge in [-0.1, -0.05) is 26.8 Å². The summed E-state index contributed by atoms with van der Waals surface area (Å²) in [5.74, 6) is 0.224. The van der Waals surface area contributed by atoms with Gasteiger partial charge in [0.2, 0.25) is 11.8 Å². The Labute approximate surface area is 139 Å². The first kappa shape index (κ1) is 17.5. The summed E-state index contributed by atoms with van der Waals surface area (Å²) in [5.41, 5.74) is 2.89. The van der Waals surface area contributed by atoms with Gasteiger partial charge in [-0.2, -0.15) is 0 Å². The molecule has 0 bridgehead atoms. The Bertz CT molecular complexity index is 594. The molecule has 0 spiro atoms. The van der Waals surface area contributed by atoms with Crippen LogP contribution in [0.3, 0.4) is 0 Å². The molecule has 0 saturated carbocycles. The van der Waals surface area contributed by atoms with Crippen LogP contribution in [-0.2, 0) is 9.59 Å². The highest BCUT2D eigenvalue weighted by molar-refractivity contribution is 5.93. The molecule has 23 heavy (non-hydrogen) atoms. The van der Waals surface area contributed by atoms with E-state index < -0.39 is 0 Å². The monoisotopic (exact) mass is 316 g/mol. The van der Waals surface area contributed by atoms with E-state index in [9.17, 15) is 9.59 Å². The van der Waals surface area contributed by atoms with E-state index in [4.69, 9.17) is 0 Å². The quantitative estimate of drug-likeness (QED) is 0.907. The Morgan fingerprint density at radius 1 is 1.09 bits per heavy atom. The van der Waals surface area contributed by atoms with E-state index >= 15 is 0 Å². The molecular formula is C19H28N2O2. The van der Waals surface area contributed by atoms with E-state index in [-0.39, 0.29) is 23.1 Å². The average molecular weight is 316 g/mol. The minimum absolute atomic E-state index is 0.0133. The normalized spacial score (nSPS) is 16.3. The third kappa shape index (κ3) is 4.34. The Morgan fingerprint density at radius 2 is 1.70 bits per heavy atom. The van der Waals surface area contributed by atoms with Gasteiger partial charge in [0.05, 0.1) is 0 Å². The fourth-order valence-corrected chi connectivity index (χ4v) is 2.88. The second kappa shape index (κ2) is 6.73. The Morgan fingerprint density at radius 3 is 2.22 bits per heavy atom. The van der Waals surface area contributed by atoms with Gasteiger partial charge in [0, 0.05) is 30.1 Å². The topological polar surface area (TPSA) is 49.4 Å². The summed E-state index contributed by atoms with van der Waals surface area (Å²) in [6.07, 6.45) is 1.47. The third-order valence-corrected chi connectivity index (χ3v) is 4.57. The van der Waals surface area contributed by atoms with Gasteiger partial charge in [-0.05, 0) is 49.9 Å². The van der Waals surface area contributed by atoms with Gasteiger partial charge in [-0.25, -0.2) is 0 Å². The molecule has 1 aromatic carbocycles. The smallest absolute Gasteiger partial charge is 0.227 e. The number of hydrogen-bond donors (Lipinski definition) is 1. The molecule has 1 aliphatic heterocycles. The van der Waals surface area contributed by atoms with Crippen LogP contribution in [0.5, 0.6) is 0 Å². The van der Waals surface area contributed by atoms with Crippen LogP contribution in [0.4, 0.5) is 5.69 Å². The molecule has 1 aliphatic rings. The van der Waals surface area contributed by atoms with Gasteiger partial charge < -0.3 is 10.2 Å². The number of nitrogens with zero attached hydrogens (tertiary/aromatic N) is 1. The number of nitrogens with one attached hydrogen (secondary N) is 1. The zero-order valence-electron chi connectivity index (χ0n) is 14.9. The standard InChI is InChI=1S/C19H28N2O2/c1-13-6-7-16(12-14(13)2)20-17(22)15-8-10-21(11-9-15)18(23)19(3,4)5/h6-7,12,15H,8-11H2,1-5H3,(H,20,22). The summed E-state index contributed by atoms with van der Waals surface area (Å²) in [6.45, 7) is 11.3. The minimum Gasteiger partial charge on any atom is -0.342 e. The van der Waals surface area contributed by atoms with Crippen LogP contribution in [0, 0.1) is 25.2 Å². The highest BCUT2D eigenvalue weighted by atomic mass is 16.2. The molecule has 1 fully saturated rings. The lowest BCUT2D eigenvalue weighted by Crippen LogP contribution is -2.45. The van der Waals surface area contributed by atoms with Crippen molar-refractivity contribution in [1.29, 1.82) is 0 Å². The van der Waals surface area contributed by atoms with Gasteiger partial charge in [0.15, 0.2) is 0 Å². The fraction of sp³-hybridized carbons (Fsp3) is 0.579. The Hall–Kier alpha value is -1.84. The molecule has 0 atom stereocenters. The number of amides is 2. The second-order valence-corrected chi connectivity index (χ2v) is 7.60. The van der Waals surface area contributed by atoms with Gasteiger partial charge in [0.25, 0.3) is 0 Å². The zero-order chi connectivity index (χ0) is 17.2. The van der Waals surface area contributed by atoms with Gasteiger partial charge >= 0.3 is 0 Å². The Kier molecular flexibility index (Phi) is 5.12. The zero-order valence-corrected chi connectivity index (χ0v) is 14.9. The number of benzene rings is 1. The molecule has 0 radical (unpaired) electrons. The number of carbonyl (C=O) groups is 2. The average Bonchev–Trinajstić information content (AvgIpc) is 2.49. The molecule has 0 aliphatic carbocycles. The lowest BCUT2D eigenvalue weighted by Gasteiger charge is -2.35. The van der Waals surface area contributed by atoms with E-state index in [0.717, 1.165) is 18.5 Å². The largest absolute Gasteiger partial charge is 0.342 e. The molecule has 2 rings (SSSR count). The first-order valence-corrected chi connectivity index (χ1v) is 8.36. The SMILES string of the molecule is Cc1ccc(NC(=O)C2CCN(C(=O)C(C)(C)C)CC2)cc1C. The van der Waals surface area contributed by atoms with Gasteiger partial charge in [-0.3, -0.25) is 9.59 Å². The van der Waals surface area contributed by atoms with E-state index in [1.807, 2.05) is 50.8 Å². The minimum atomic E-state index is -0.353. The highest BCUT2D eigenvalue weighted by Crippen LogP contribution is 2.24. The molecule has 1 heterocycles. The fourth-order valence-electron chi connectivity index (χ4n) is 2.88. The van der Waals surface area contributed by atoms with E-state index in [2.05, 4.69) is 12.2 Å². The van der Waals surface area contributed by atoms with Gasteiger partial charge in [0.1, 0.15) is 0 Å². The lowest BCUT2D eigenvalue weighted by atomic mass is 9.90. The van der Waals surface area contributed by atoms with Crippen LogP contribution < -0.4 is 5.32 Å². The van der Waals surface area contributed by atoms with Crippen molar-refractivity contribution < 1.29 is 9.59 Å². The molecule has 1 N–H and O–H groups in total. The van der Waals surface area contributed by atoms with Crippen LogP contribution in [0.25, 0.3) is 0 Å². The maximum absolute atomic E-state index is 12.4. The van der Waals surface area contributed by atoms with E-state index in [1.54, 1.807) is 0 Å². The van der Waals surface area contributed by atoms with Crippen molar-refractivity contribution in [1.82, 2.24) is 4.90 Å². The number of anilines is 1. The van der Waals surface area contributed by atoms with Crippen molar-refractivity contribution in [2.45, 2.75) is 47.5 Å². The number of likely N-dealkylation sites (tertiary alicyclic amines) is 1. The van der Waals surface area contributed by atoms with Crippen molar-refractivity contribution in [3.8, 4) is 0 Å². The first-order chi connectivity index (χ1) is 10.7. The molecule has 126 valence electrons. The van der Waals surface area contributed by atoms with Crippen LogP contribution >= 0.6 is 0 Å². The predicted octanol–water partition coefficient (Wildman–Crippen LogP) is 3.53. The Balaban J connectivity index is 1.91. The molecule has 1 aromatic rings. The predicted molar refractivity (Wildman–Crippen MR) is 93.3 cm³/mol. The number of piperidine rings is 1. The highest BCUT2D eigenvalue weighted by Gasteiger charge is 2.32. The summed E-state index contributed by atoms with van der Waals surface area (Å²) >= 11 is 0. The molecule has 2 amide bonds. The van der Waals surface area contributed by atoms with Crippen molar-refractivity contribution in [2.75, 3.05) is 18.4 Å². The maximum atomic E-state index is 12.4. The number of rotatable bonds is 2. The van der Waals surface area contributed by atoms with Crippen molar-refractivity contribution in [3.63, 3.8) is 0 Å². The number of hydrogen-bond acceptors (Lipinski definition) is 2. The summed E-state index contributed by atoms with van der Waals surface area (Å²) < 4.78 is 0. The lowest BCUT2D eigenvalue weighted by molar-refractivity contribution is -0.142. The van der Waals surface area contributed by atoms with E-state index in [1.165, 1.54) is 11.1 Å². The summed E-state index contributed by atoms with van der Waals surface area (Å²) in [4.78, 5) is 26.6. The number of carbonyl (C=O) groups excluding carboxylic acids is 2. The number of aryl methyl sites for hydroxylation is 2. The van der Waals surface area contributed by atoms with Crippen molar-refractivity contribution in [3.05, 3.63) is 29.3 Å². The molecule has 1 saturated heterocycles. The van der Waals surface area contributed by atoms with Crippen LogP contribution in [0.15, 0.2) is 18.2 Å². The molecule has 4 nitrogen and oxygen atoms in total. The first-order valence-electron chi connectivity index (χ1n) is 8.36. The van der Waals surface area contributed by atoms with Crippen LogP contribution in [0.2, 0.25) is 0 Å². The van der Waals surface area contributed by atoms with Crippen molar-refractivity contribution in [2.24, 2.45) is 11.3 Å². The second-order valence-electron chi connectivity index (χ2n) is 7.60. The van der Waals surface area contributed by atoms with Crippen LogP contribution in [-0.4, -0.2) is 29.8 Å². The summed E-state index contributed by atoms with van der Waals surface area (Å²) in [6, 6.07) is 5.97. The summed E-state index contributed by atoms with van der Waals surface area (Å²) in [7, 11) is 0. The van der Waals surface area contributed by atoms with E-state index in [0.29, 0.717) is 13.1 Å². The molecule has 4 heteroatoms. The van der Waals surface area contributed by atoms with Gasteiger partial charge in [-0.15, -0.1) is 0 Å². The third-order valence-electron chi connectivity index (χ3n) is 4.57. The molecule has 0 aromatic heterocycles. The molecular weight excluding hydrogens is 288 g/mol. The maximum Gasteiger partial charge on any atom is 0.227 e. The summed E-state index contributed by atoms with van der Waals surface area (Å²) in [5, 5.41) is 3.01. The molecule has 0 unspecified atom stereocenters. The van der Waals surface area contributed by atoms with Crippen molar-refractivity contribution >= 4 is 17.5 Å². The van der Waals surface area contributed by atoms with Crippen LogP contribution in [0.1, 0.15) is 44.7 Å².